The van der Waals surface area contributed by atoms with E-state index in [9.17, 15) is 14.4 Å². The van der Waals surface area contributed by atoms with Crippen molar-refractivity contribution >= 4 is 29.4 Å². The summed E-state index contributed by atoms with van der Waals surface area (Å²) in [6.07, 6.45) is 9.57. The lowest BCUT2D eigenvalue weighted by atomic mass is 10.0. The van der Waals surface area contributed by atoms with E-state index in [4.69, 9.17) is 21.7 Å². The average Bonchev–Trinajstić information content (AvgIpc) is 3.47. The van der Waals surface area contributed by atoms with Gasteiger partial charge in [-0.05, 0) is 96.0 Å². The minimum atomic E-state index is -0.725. The van der Waals surface area contributed by atoms with Crippen LogP contribution in [0.2, 0.25) is 0 Å². The van der Waals surface area contributed by atoms with E-state index < -0.39 is 11.9 Å². The van der Waals surface area contributed by atoms with E-state index in [1.165, 1.54) is 71.7 Å². The van der Waals surface area contributed by atoms with Crippen LogP contribution in [0.3, 0.4) is 0 Å². The molecule has 8 fully saturated rings. The fourth-order valence-corrected chi connectivity index (χ4v) is 12.2. The number of likely N-dealkylation sites (N-methyl/N-ethyl adjacent to an activating group) is 1. The number of nitrogens with two attached hydrogens (primary N) is 2. The van der Waals surface area contributed by atoms with E-state index in [-0.39, 0.29) is 13.1 Å². The molecule has 10 heterocycles. The number of aliphatic carboxylic acids is 2. The van der Waals surface area contributed by atoms with Crippen molar-refractivity contribution in [2.24, 2.45) is 0 Å². The SMILES string of the molecule is CCN1CCC(=O)CC1.CCN1CCC(N2CCNCC2)CC1.CN1CCNCC1.Nc1cccc(CCN2CCN(C3CCN(CC(=O)O)CC3)CC2)n1.Nc1cccc(CN2CCN(C3CCN(CC(=O)O)CC3)CC2)n1. The molecule has 0 aromatic carbocycles. The Morgan fingerprint density at radius 2 is 0.899 bits per heavy atom. The van der Waals surface area contributed by atoms with E-state index in [0.29, 0.717) is 29.5 Å². The number of carbonyl (C=O) groups excluding carboxylic acids is 1. The number of carboxylic acids is 2. The highest BCUT2D eigenvalue weighted by molar-refractivity contribution is 5.79. The molecule has 2 aromatic rings. The Hall–Kier alpha value is -3.97. The molecule has 446 valence electrons. The Bertz CT molecular complexity index is 2000. The number of Topliss-reactive ketones (excluding diaryl/α,β-unsaturated/α-hetero) is 1. The molecule has 8 aliphatic heterocycles. The van der Waals surface area contributed by atoms with Crippen LogP contribution in [-0.2, 0) is 27.3 Å². The van der Waals surface area contributed by atoms with E-state index in [2.05, 4.69) is 80.7 Å². The molecule has 0 atom stereocenters. The molecule has 0 spiro atoms. The number of pyridine rings is 2. The summed E-state index contributed by atoms with van der Waals surface area (Å²) in [6.45, 7) is 35.4. The van der Waals surface area contributed by atoms with Gasteiger partial charge in [0.15, 0.2) is 0 Å². The molecule has 8 aliphatic rings. The molecule has 0 amide bonds. The normalized spacial score (nSPS) is 23.2. The molecule has 0 bridgehead atoms. The molecule has 0 radical (unpaired) electrons. The van der Waals surface area contributed by atoms with Gasteiger partial charge >= 0.3 is 11.9 Å². The van der Waals surface area contributed by atoms with Crippen LogP contribution in [0.5, 0.6) is 0 Å². The first kappa shape index (κ1) is 64.2. The second kappa shape index (κ2) is 35.8. The van der Waals surface area contributed by atoms with Gasteiger partial charge in [0.1, 0.15) is 17.4 Å². The number of carbonyl (C=O) groups is 3. The highest BCUT2D eigenvalue weighted by Gasteiger charge is 2.30. The van der Waals surface area contributed by atoms with Crippen LogP contribution in [0, 0.1) is 0 Å². The van der Waals surface area contributed by atoms with Gasteiger partial charge < -0.3 is 51.9 Å². The fourth-order valence-electron chi connectivity index (χ4n) is 12.2. The Labute approximate surface area is 474 Å². The molecule has 8 N–H and O–H groups in total. The molecule has 21 nitrogen and oxygen atoms in total. The minimum Gasteiger partial charge on any atom is -0.480 e. The van der Waals surface area contributed by atoms with Gasteiger partial charge in [-0.25, -0.2) is 9.97 Å². The van der Waals surface area contributed by atoms with Crippen LogP contribution in [0.4, 0.5) is 11.6 Å². The standard InChI is InChI=1S/C18H29N5O2.C17H27N5O2.C11H23N3.C7H13NO.C5H12N2/c19-17-3-1-2-15(20-17)4-7-21-10-12-23(13-11-21)16-5-8-22(9-6-16)14-18(24)25;18-16-3-1-2-14(19-16)12-21-8-10-22(11-9-21)15-4-6-20(7-5-15)13-17(23)24;1-2-13-7-3-11(4-8-13)14-9-5-12-6-10-14;1-2-8-5-3-7(9)4-6-8;1-7-4-2-6-3-5-7/h1-3,16H,4-14H2,(H2,19,20)(H,24,25);1-3,15H,4-13H2,(H2,18,19)(H,23,24);11-12H,2-10H2,1H3;2-6H2,1H3;6H,2-5H2,1H3. The predicted octanol–water partition coefficient (Wildman–Crippen LogP) is 1.27. The number of rotatable bonds is 14. The van der Waals surface area contributed by atoms with E-state index in [0.717, 1.165) is 187 Å². The van der Waals surface area contributed by atoms with Gasteiger partial charge in [-0.15, -0.1) is 0 Å². The quantitative estimate of drug-likeness (QED) is 0.157. The van der Waals surface area contributed by atoms with Crippen molar-refractivity contribution in [2.75, 3.05) is 208 Å². The lowest BCUT2D eigenvalue weighted by Crippen LogP contribution is -2.53. The summed E-state index contributed by atoms with van der Waals surface area (Å²) >= 11 is 0. The molecular formula is C58H104N16O5. The summed E-state index contributed by atoms with van der Waals surface area (Å²) in [7, 11) is 2.15. The fraction of sp³-hybridized carbons (Fsp3) is 0.776. The summed E-state index contributed by atoms with van der Waals surface area (Å²) in [4.78, 5) is 65.1. The van der Waals surface area contributed by atoms with Crippen LogP contribution in [0.1, 0.15) is 76.6 Å². The van der Waals surface area contributed by atoms with Crippen LogP contribution in [-0.4, -0.2) is 302 Å². The number of piperazine rings is 4. The van der Waals surface area contributed by atoms with Crippen molar-refractivity contribution in [1.29, 1.82) is 0 Å². The van der Waals surface area contributed by atoms with Crippen LogP contribution >= 0.6 is 0 Å². The van der Waals surface area contributed by atoms with Gasteiger partial charge in [0.25, 0.3) is 0 Å². The Kier molecular flexibility index (Phi) is 29.1. The van der Waals surface area contributed by atoms with Gasteiger partial charge in [-0.1, -0.05) is 26.0 Å². The number of hydrogen-bond donors (Lipinski definition) is 6. The maximum atomic E-state index is 10.8. The Balaban J connectivity index is 0.000000172. The lowest BCUT2D eigenvalue weighted by Gasteiger charge is -2.42. The summed E-state index contributed by atoms with van der Waals surface area (Å²) in [5, 5.41) is 24.5. The number of nitrogen functional groups attached to an aromatic ring is 2. The monoisotopic (exact) mass is 1100 g/mol. The minimum absolute atomic E-state index is 0.174. The highest BCUT2D eigenvalue weighted by atomic mass is 16.4. The van der Waals surface area contributed by atoms with Crippen molar-refractivity contribution < 1.29 is 24.6 Å². The zero-order valence-corrected chi connectivity index (χ0v) is 48.9. The summed E-state index contributed by atoms with van der Waals surface area (Å²) in [5.41, 5.74) is 13.6. The first-order chi connectivity index (χ1) is 38.3. The van der Waals surface area contributed by atoms with Gasteiger partial charge in [-0.2, -0.15) is 0 Å². The zero-order chi connectivity index (χ0) is 56.2. The highest BCUT2D eigenvalue weighted by Crippen LogP contribution is 2.21. The van der Waals surface area contributed by atoms with Gasteiger partial charge in [-0.3, -0.25) is 43.8 Å². The Morgan fingerprint density at radius 1 is 0.506 bits per heavy atom. The molecule has 79 heavy (non-hydrogen) atoms. The maximum absolute atomic E-state index is 10.8. The first-order valence-corrected chi connectivity index (χ1v) is 30.4. The third-order valence-corrected chi connectivity index (χ3v) is 17.3. The van der Waals surface area contributed by atoms with Crippen molar-refractivity contribution in [3.05, 3.63) is 47.8 Å². The molecule has 8 saturated heterocycles. The molecule has 2 aromatic heterocycles. The third kappa shape index (κ3) is 24.6. The number of nitrogens with one attached hydrogen (secondary N) is 2. The summed E-state index contributed by atoms with van der Waals surface area (Å²) in [5.74, 6) is 0.162. The average molecular weight is 1110 g/mol. The maximum Gasteiger partial charge on any atom is 0.317 e. The third-order valence-electron chi connectivity index (χ3n) is 17.3. The molecule has 0 aliphatic carbocycles. The number of nitrogens with zero attached hydrogens (tertiary/aromatic N) is 12. The number of aromatic nitrogens is 2. The predicted molar refractivity (Wildman–Crippen MR) is 316 cm³/mol. The van der Waals surface area contributed by atoms with E-state index >= 15 is 0 Å². The topological polar surface area (TPSA) is 226 Å². The van der Waals surface area contributed by atoms with Crippen molar-refractivity contribution in [2.45, 2.75) is 96.3 Å². The first-order valence-electron chi connectivity index (χ1n) is 30.4. The molecule has 0 saturated carbocycles. The summed E-state index contributed by atoms with van der Waals surface area (Å²) in [6, 6.07) is 13.7. The smallest absolute Gasteiger partial charge is 0.317 e. The van der Waals surface area contributed by atoms with Crippen molar-refractivity contribution in [3.63, 3.8) is 0 Å². The van der Waals surface area contributed by atoms with Crippen molar-refractivity contribution in [3.8, 4) is 0 Å². The van der Waals surface area contributed by atoms with E-state index in [1.807, 2.05) is 46.2 Å². The zero-order valence-electron chi connectivity index (χ0n) is 48.9. The largest absolute Gasteiger partial charge is 0.480 e. The van der Waals surface area contributed by atoms with Gasteiger partial charge in [0.05, 0.1) is 18.8 Å². The number of likely N-dealkylation sites (tertiary alicyclic amines) is 4. The second-order valence-electron chi connectivity index (χ2n) is 22.8. The number of anilines is 2. The molecular weight excluding hydrogens is 1000 g/mol. The van der Waals surface area contributed by atoms with Crippen LogP contribution < -0.4 is 22.1 Å². The number of ketones is 1. The van der Waals surface area contributed by atoms with Gasteiger partial charge in [0, 0.05) is 200 Å². The Morgan fingerprint density at radius 3 is 1.32 bits per heavy atom. The molecule has 10 rings (SSSR count). The van der Waals surface area contributed by atoms with Crippen LogP contribution in [0.25, 0.3) is 0 Å². The number of carboxylic acid groups (broad SMARTS) is 2. The van der Waals surface area contributed by atoms with E-state index in [1.54, 1.807) is 0 Å². The molecule has 21 heteroatoms. The molecule has 0 unspecified atom stereocenters. The van der Waals surface area contributed by atoms with Crippen molar-refractivity contribution in [1.82, 2.24) is 69.6 Å². The lowest BCUT2D eigenvalue weighted by molar-refractivity contribution is -0.139. The number of hydrogen-bond acceptors (Lipinski definition) is 19. The second-order valence-corrected chi connectivity index (χ2v) is 22.8. The number of piperidine rings is 4. The van der Waals surface area contributed by atoms with Crippen LogP contribution in [0.15, 0.2) is 36.4 Å². The summed E-state index contributed by atoms with van der Waals surface area (Å²) < 4.78 is 0. The van der Waals surface area contributed by atoms with Gasteiger partial charge in [0.2, 0.25) is 0 Å².